The van der Waals surface area contributed by atoms with Crippen molar-refractivity contribution in [1.29, 1.82) is 0 Å². The summed E-state index contributed by atoms with van der Waals surface area (Å²) in [5, 5.41) is 0. The van der Waals surface area contributed by atoms with Crippen LogP contribution in [-0.4, -0.2) is 23.9 Å². The minimum atomic E-state index is -2.56. The Labute approximate surface area is 149 Å². The Morgan fingerprint density at radius 3 is 2.15 bits per heavy atom. The highest BCUT2D eigenvalue weighted by Gasteiger charge is 2.49. The monoisotopic (exact) mass is 358 g/mol. The maximum Gasteiger partial charge on any atom is 0.333 e. The summed E-state index contributed by atoms with van der Waals surface area (Å²) in [7, 11) is 0. The van der Waals surface area contributed by atoms with Crippen molar-refractivity contribution < 1.29 is 27.8 Å². The second-order valence-electron chi connectivity index (χ2n) is 5.22. The number of carbonyl (C=O) groups is 2. The quantitative estimate of drug-likeness (QED) is 0.438. The van der Waals surface area contributed by atoms with Gasteiger partial charge in [0.1, 0.15) is 5.83 Å². The van der Waals surface area contributed by atoms with Gasteiger partial charge < -0.3 is 9.47 Å². The van der Waals surface area contributed by atoms with E-state index in [0.717, 1.165) is 29.9 Å². The van der Waals surface area contributed by atoms with E-state index >= 15 is 0 Å². The summed E-state index contributed by atoms with van der Waals surface area (Å²) < 4.78 is 38.8. The molecule has 0 aromatic heterocycles. The first-order valence-electron chi connectivity index (χ1n) is 7.59. The molecule has 134 valence electrons. The van der Waals surface area contributed by atoms with Crippen LogP contribution in [0.25, 0.3) is 6.08 Å². The lowest BCUT2D eigenvalue weighted by atomic mass is 9.97. The van der Waals surface area contributed by atoms with Gasteiger partial charge in [-0.3, -0.25) is 0 Å². The predicted molar refractivity (Wildman–Crippen MR) is 93.0 cm³/mol. The van der Waals surface area contributed by atoms with Crippen molar-refractivity contribution >= 4 is 18.0 Å². The minimum absolute atomic E-state index is 0.0821. The molecule has 0 bridgehead atoms. The molecule has 6 heteroatoms. The molecule has 0 saturated carbocycles. The smallest absolute Gasteiger partial charge is 0.333 e. The Morgan fingerprint density at radius 2 is 1.62 bits per heavy atom. The average molecular weight is 358 g/mol. The number of halogens is 2. The third-order valence-electron chi connectivity index (χ3n) is 3.46. The first kappa shape index (κ1) is 19.1. The minimum Gasteiger partial charge on any atom is -0.412 e. The molecule has 0 N–H and O–H groups in total. The Balaban J connectivity index is 2.34. The van der Waals surface area contributed by atoms with E-state index in [0.29, 0.717) is 0 Å². The molecule has 1 unspecified atom stereocenters. The second-order valence-corrected chi connectivity index (χ2v) is 5.22. The maximum atomic E-state index is 14.7. The lowest BCUT2D eigenvalue weighted by molar-refractivity contribution is -0.221. The molecule has 1 aliphatic carbocycles. The van der Waals surface area contributed by atoms with E-state index in [-0.39, 0.29) is 5.57 Å². The molecule has 0 aliphatic heterocycles. The molecule has 0 radical (unpaired) electrons. The first-order valence-corrected chi connectivity index (χ1v) is 7.59. The number of ether oxygens (including phenoxy) is 2. The molecule has 0 fully saturated rings. The SMILES string of the molecule is C=CC(=O)OC1(OC(=O)C=C)C=CC(C=Cc2ccccc2)=C(F)C1F. The van der Waals surface area contributed by atoms with Crippen LogP contribution in [0.4, 0.5) is 8.78 Å². The maximum absolute atomic E-state index is 14.7. The summed E-state index contributed by atoms with van der Waals surface area (Å²) >= 11 is 0. The largest absolute Gasteiger partial charge is 0.412 e. The summed E-state index contributed by atoms with van der Waals surface area (Å²) in [6.45, 7) is 6.36. The van der Waals surface area contributed by atoms with Crippen LogP contribution >= 0.6 is 0 Å². The van der Waals surface area contributed by atoms with Gasteiger partial charge in [-0.05, 0) is 11.6 Å². The van der Waals surface area contributed by atoms with Crippen LogP contribution in [-0.2, 0) is 19.1 Å². The van der Waals surface area contributed by atoms with E-state index in [4.69, 9.17) is 9.47 Å². The lowest BCUT2D eigenvalue weighted by Gasteiger charge is -2.33. The van der Waals surface area contributed by atoms with Crippen molar-refractivity contribution in [3.63, 3.8) is 0 Å². The van der Waals surface area contributed by atoms with E-state index in [2.05, 4.69) is 13.2 Å². The molecule has 1 aromatic carbocycles. The third kappa shape index (κ3) is 4.22. The van der Waals surface area contributed by atoms with Crippen molar-refractivity contribution in [1.82, 2.24) is 0 Å². The summed E-state index contributed by atoms with van der Waals surface area (Å²) in [4.78, 5) is 23.0. The molecule has 0 heterocycles. The van der Waals surface area contributed by atoms with E-state index in [1.165, 1.54) is 6.08 Å². The van der Waals surface area contributed by atoms with Gasteiger partial charge in [0.25, 0.3) is 0 Å². The van der Waals surface area contributed by atoms with Gasteiger partial charge in [0.05, 0.1) is 0 Å². The van der Waals surface area contributed by atoms with Crippen molar-refractivity contribution in [2.75, 3.05) is 0 Å². The van der Waals surface area contributed by atoms with Crippen LogP contribution in [0.2, 0.25) is 0 Å². The van der Waals surface area contributed by atoms with Crippen LogP contribution in [0.1, 0.15) is 5.56 Å². The molecule has 1 aliphatic rings. The van der Waals surface area contributed by atoms with Crippen LogP contribution < -0.4 is 0 Å². The molecule has 1 atom stereocenters. The van der Waals surface area contributed by atoms with Crippen LogP contribution in [0, 0.1) is 0 Å². The van der Waals surface area contributed by atoms with Gasteiger partial charge in [0.15, 0.2) is 0 Å². The Morgan fingerprint density at radius 1 is 1.04 bits per heavy atom. The highest BCUT2D eigenvalue weighted by atomic mass is 19.2. The molecule has 1 aromatic rings. The summed E-state index contributed by atoms with van der Waals surface area (Å²) in [5.41, 5.74) is 0.700. The van der Waals surface area contributed by atoms with E-state index < -0.39 is 29.7 Å². The molecular formula is C20H16F2O4. The fourth-order valence-electron chi connectivity index (χ4n) is 2.17. The number of alkyl halides is 1. The van der Waals surface area contributed by atoms with Gasteiger partial charge in [-0.15, -0.1) is 0 Å². The molecule has 26 heavy (non-hydrogen) atoms. The van der Waals surface area contributed by atoms with Gasteiger partial charge >= 0.3 is 17.7 Å². The predicted octanol–water partition coefficient (Wildman–Crippen LogP) is 3.99. The highest BCUT2D eigenvalue weighted by Crippen LogP contribution is 2.36. The number of carbonyl (C=O) groups excluding carboxylic acids is 2. The third-order valence-corrected chi connectivity index (χ3v) is 3.46. The van der Waals surface area contributed by atoms with Gasteiger partial charge in [-0.25, -0.2) is 18.4 Å². The number of hydrogen-bond donors (Lipinski definition) is 0. The topological polar surface area (TPSA) is 52.6 Å². The zero-order chi connectivity index (χ0) is 19.2. The van der Waals surface area contributed by atoms with Gasteiger partial charge in [-0.1, -0.05) is 55.6 Å². The van der Waals surface area contributed by atoms with Crippen molar-refractivity contribution in [3.8, 4) is 0 Å². The Kier molecular flexibility index (Phi) is 6.01. The van der Waals surface area contributed by atoms with E-state index in [9.17, 15) is 18.4 Å². The lowest BCUT2D eigenvalue weighted by Crippen LogP contribution is -2.48. The van der Waals surface area contributed by atoms with Crippen LogP contribution in [0.3, 0.4) is 0 Å². The van der Waals surface area contributed by atoms with Crippen LogP contribution in [0.5, 0.6) is 0 Å². The van der Waals surface area contributed by atoms with E-state index in [1.54, 1.807) is 30.3 Å². The normalized spacial score (nSPS) is 18.5. The number of allylic oxidation sites excluding steroid dienone is 3. The van der Waals surface area contributed by atoms with Crippen molar-refractivity contribution in [2.24, 2.45) is 0 Å². The van der Waals surface area contributed by atoms with Gasteiger partial charge in [-0.2, -0.15) is 0 Å². The van der Waals surface area contributed by atoms with Gasteiger partial charge in [0.2, 0.25) is 6.17 Å². The number of esters is 2. The van der Waals surface area contributed by atoms with Crippen LogP contribution in [0.15, 0.2) is 85.3 Å². The highest BCUT2D eigenvalue weighted by molar-refractivity contribution is 5.84. The van der Waals surface area contributed by atoms with Gasteiger partial charge in [0, 0.05) is 23.8 Å². The Bertz CT molecular complexity index is 784. The Hall–Kier alpha value is -3.28. The molecule has 2 rings (SSSR count). The molecule has 0 saturated heterocycles. The van der Waals surface area contributed by atoms with E-state index in [1.807, 2.05) is 6.07 Å². The standard InChI is InChI=1S/C20H16F2O4/c1-3-16(23)25-20(26-17(24)4-2)13-12-15(18(21)19(20)22)11-10-14-8-6-5-7-9-14/h3-13,19H,1-2H2. The molecule has 4 nitrogen and oxygen atoms in total. The molecule has 0 spiro atoms. The fourth-order valence-corrected chi connectivity index (χ4v) is 2.17. The zero-order valence-corrected chi connectivity index (χ0v) is 13.7. The van der Waals surface area contributed by atoms with Crippen molar-refractivity contribution in [3.05, 3.63) is 90.8 Å². The number of rotatable bonds is 6. The summed E-state index contributed by atoms with van der Waals surface area (Å²) in [6.07, 6.45) is 4.03. The molecular weight excluding hydrogens is 342 g/mol. The molecule has 0 amide bonds. The van der Waals surface area contributed by atoms with Crippen molar-refractivity contribution in [2.45, 2.75) is 12.0 Å². The first-order chi connectivity index (χ1) is 12.4. The zero-order valence-electron chi connectivity index (χ0n) is 13.7. The fraction of sp³-hybridized carbons (Fsp3) is 0.100. The summed E-state index contributed by atoms with van der Waals surface area (Å²) in [6, 6.07) is 9.00. The second kappa shape index (κ2) is 8.20. The average Bonchev–Trinajstić information content (AvgIpc) is 2.66. The summed E-state index contributed by atoms with van der Waals surface area (Å²) in [5.74, 6) is -5.96. The number of benzene rings is 1. The number of hydrogen-bond acceptors (Lipinski definition) is 4.